The van der Waals surface area contributed by atoms with Crippen molar-refractivity contribution < 1.29 is 19.0 Å². The quantitative estimate of drug-likeness (QED) is 0.900. The van der Waals surface area contributed by atoms with Crippen LogP contribution in [0.1, 0.15) is 18.4 Å². The van der Waals surface area contributed by atoms with Gasteiger partial charge in [0.2, 0.25) is 6.79 Å². The van der Waals surface area contributed by atoms with E-state index in [4.69, 9.17) is 14.2 Å². The van der Waals surface area contributed by atoms with Gasteiger partial charge >= 0.3 is 0 Å². The van der Waals surface area contributed by atoms with E-state index in [0.29, 0.717) is 19.4 Å². The van der Waals surface area contributed by atoms with Crippen LogP contribution in [0, 0.1) is 0 Å². The van der Waals surface area contributed by atoms with Crippen LogP contribution in [0.5, 0.6) is 11.5 Å². The van der Waals surface area contributed by atoms with E-state index in [1.54, 1.807) is 12.0 Å². The van der Waals surface area contributed by atoms with E-state index in [0.717, 1.165) is 30.2 Å². The molecule has 3 rings (SSSR count). The summed E-state index contributed by atoms with van der Waals surface area (Å²) in [6, 6.07) is 5.76. The zero-order valence-electron chi connectivity index (χ0n) is 13.5. The standard InChI is InChI=1S/C16H22N2O4.ClH/c1-18(15(19)16(20-2)5-7-17-8-6-16)10-12-3-4-13-14(9-12)22-11-21-13;/h3-4,9,17H,5-8,10-11H2,1-2H3;1H. The number of ether oxygens (including phenoxy) is 3. The number of rotatable bonds is 4. The normalized spacial score (nSPS) is 18.2. The largest absolute Gasteiger partial charge is 0.454 e. The highest BCUT2D eigenvalue weighted by Gasteiger charge is 2.41. The predicted octanol–water partition coefficient (Wildman–Crippen LogP) is 1.56. The lowest BCUT2D eigenvalue weighted by atomic mass is 9.90. The van der Waals surface area contributed by atoms with Gasteiger partial charge in [-0.15, -0.1) is 12.4 Å². The molecule has 1 aromatic rings. The summed E-state index contributed by atoms with van der Waals surface area (Å²) in [6.07, 6.45) is 1.40. The van der Waals surface area contributed by atoms with Crippen molar-refractivity contribution in [2.24, 2.45) is 0 Å². The molecule has 0 saturated carbocycles. The Labute approximate surface area is 142 Å². The molecule has 1 N–H and O–H groups in total. The molecule has 0 aromatic heterocycles. The van der Waals surface area contributed by atoms with Crippen molar-refractivity contribution in [3.05, 3.63) is 23.8 Å². The fourth-order valence-corrected chi connectivity index (χ4v) is 3.07. The van der Waals surface area contributed by atoms with E-state index < -0.39 is 5.60 Å². The van der Waals surface area contributed by atoms with Crippen LogP contribution in [0.3, 0.4) is 0 Å². The average molecular weight is 343 g/mol. The first-order valence-electron chi connectivity index (χ1n) is 7.54. The summed E-state index contributed by atoms with van der Waals surface area (Å²) in [5.74, 6) is 1.53. The van der Waals surface area contributed by atoms with Gasteiger partial charge in [-0.25, -0.2) is 0 Å². The highest BCUT2D eigenvalue weighted by Crippen LogP contribution is 2.33. The van der Waals surface area contributed by atoms with Gasteiger partial charge in [-0.3, -0.25) is 4.79 Å². The smallest absolute Gasteiger partial charge is 0.254 e. The highest BCUT2D eigenvalue weighted by atomic mass is 35.5. The Hall–Kier alpha value is -1.50. The molecule has 1 amide bonds. The van der Waals surface area contributed by atoms with Crippen LogP contribution < -0.4 is 14.8 Å². The van der Waals surface area contributed by atoms with Gasteiger partial charge < -0.3 is 24.4 Å². The summed E-state index contributed by atoms with van der Waals surface area (Å²) >= 11 is 0. The number of carbonyl (C=O) groups is 1. The van der Waals surface area contributed by atoms with Crippen molar-refractivity contribution in [3.8, 4) is 11.5 Å². The monoisotopic (exact) mass is 342 g/mol. The first-order chi connectivity index (χ1) is 10.6. The Balaban J connectivity index is 0.00000192. The van der Waals surface area contributed by atoms with Gasteiger partial charge in [0.1, 0.15) is 5.60 Å². The number of benzene rings is 1. The fourth-order valence-electron chi connectivity index (χ4n) is 3.07. The second-order valence-corrected chi connectivity index (χ2v) is 5.80. The number of amides is 1. The third kappa shape index (κ3) is 3.54. The van der Waals surface area contributed by atoms with Crippen LogP contribution in [0.2, 0.25) is 0 Å². The van der Waals surface area contributed by atoms with Crippen LogP contribution in [-0.4, -0.2) is 50.4 Å². The number of nitrogens with one attached hydrogen (secondary N) is 1. The number of piperidine rings is 1. The first kappa shape index (κ1) is 17.8. The summed E-state index contributed by atoms with van der Waals surface area (Å²) in [6.45, 7) is 2.39. The Morgan fingerprint density at radius 3 is 2.70 bits per heavy atom. The number of halogens is 1. The lowest BCUT2D eigenvalue weighted by Crippen LogP contribution is -2.54. The van der Waals surface area contributed by atoms with E-state index in [9.17, 15) is 4.79 Å². The lowest BCUT2D eigenvalue weighted by Gasteiger charge is -2.37. The highest BCUT2D eigenvalue weighted by molar-refractivity contribution is 5.85. The lowest BCUT2D eigenvalue weighted by molar-refractivity contribution is -0.157. The molecule has 23 heavy (non-hydrogen) atoms. The van der Waals surface area contributed by atoms with Crippen molar-refractivity contribution in [2.45, 2.75) is 25.0 Å². The van der Waals surface area contributed by atoms with Crippen molar-refractivity contribution in [2.75, 3.05) is 34.0 Å². The van der Waals surface area contributed by atoms with Crippen molar-refractivity contribution >= 4 is 18.3 Å². The molecule has 7 heteroatoms. The van der Waals surface area contributed by atoms with Gasteiger partial charge in [-0.1, -0.05) is 6.07 Å². The summed E-state index contributed by atoms with van der Waals surface area (Å²) < 4.78 is 16.3. The van der Waals surface area contributed by atoms with Gasteiger partial charge in [-0.05, 0) is 43.6 Å². The summed E-state index contributed by atoms with van der Waals surface area (Å²) in [5.41, 5.74) is 0.316. The molecule has 0 spiro atoms. The maximum absolute atomic E-state index is 12.8. The number of carbonyl (C=O) groups excluding carboxylic acids is 1. The Kier molecular flexibility index (Phi) is 5.73. The molecule has 0 aliphatic carbocycles. The number of nitrogens with zero attached hydrogens (tertiary/aromatic N) is 1. The van der Waals surface area contributed by atoms with Crippen LogP contribution in [0.15, 0.2) is 18.2 Å². The van der Waals surface area contributed by atoms with E-state index >= 15 is 0 Å². The minimum absolute atomic E-state index is 0. The van der Waals surface area contributed by atoms with Gasteiger partial charge in [0.05, 0.1) is 0 Å². The first-order valence-corrected chi connectivity index (χ1v) is 7.54. The minimum Gasteiger partial charge on any atom is -0.454 e. The summed E-state index contributed by atoms with van der Waals surface area (Å²) in [4.78, 5) is 14.5. The zero-order chi connectivity index (χ0) is 15.6. The molecular formula is C16H23ClN2O4. The van der Waals surface area contributed by atoms with E-state index in [2.05, 4.69) is 5.32 Å². The van der Waals surface area contributed by atoms with Crippen LogP contribution in [0.4, 0.5) is 0 Å². The Bertz CT molecular complexity index is 561. The molecule has 2 aliphatic rings. The number of likely N-dealkylation sites (N-methyl/N-ethyl adjacent to an activating group) is 1. The summed E-state index contributed by atoms with van der Waals surface area (Å²) in [5, 5.41) is 3.26. The maximum Gasteiger partial charge on any atom is 0.254 e. The van der Waals surface area contributed by atoms with Crippen LogP contribution in [0.25, 0.3) is 0 Å². The van der Waals surface area contributed by atoms with Gasteiger partial charge in [-0.2, -0.15) is 0 Å². The SMILES string of the molecule is COC1(C(=O)N(C)Cc2ccc3c(c2)OCO3)CCNCC1.Cl. The summed E-state index contributed by atoms with van der Waals surface area (Å²) in [7, 11) is 3.44. The van der Waals surface area contributed by atoms with Gasteiger partial charge in [0.25, 0.3) is 5.91 Å². The van der Waals surface area contributed by atoms with Crippen molar-refractivity contribution in [1.82, 2.24) is 10.2 Å². The molecule has 1 aromatic carbocycles. The predicted molar refractivity (Wildman–Crippen MR) is 88.1 cm³/mol. The zero-order valence-corrected chi connectivity index (χ0v) is 14.3. The topological polar surface area (TPSA) is 60.0 Å². The van der Waals surface area contributed by atoms with Crippen LogP contribution in [-0.2, 0) is 16.1 Å². The molecule has 6 nitrogen and oxygen atoms in total. The third-order valence-electron chi connectivity index (χ3n) is 4.40. The molecule has 0 bridgehead atoms. The fraction of sp³-hybridized carbons (Fsp3) is 0.562. The molecule has 1 fully saturated rings. The molecule has 0 unspecified atom stereocenters. The third-order valence-corrected chi connectivity index (χ3v) is 4.40. The second-order valence-electron chi connectivity index (χ2n) is 5.80. The molecule has 128 valence electrons. The van der Waals surface area contributed by atoms with Gasteiger partial charge in [0, 0.05) is 20.7 Å². The number of fused-ring (bicyclic) bond motifs is 1. The molecule has 0 radical (unpaired) electrons. The van der Waals surface area contributed by atoms with Crippen molar-refractivity contribution in [3.63, 3.8) is 0 Å². The second kappa shape index (κ2) is 7.38. The molecular weight excluding hydrogens is 320 g/mol. The van der Waals surface area contributed by atoms with Gasteiger partial charge in [0.15, 0.2) is 11.5 Å². The van der Waals surface area contributed by atoms with Crippen LogP contribution >= 0.6 is 12.4 Å². The number of hydrogen-bond donors (Lipinski definition) is 1. The Morgan fingerprint density at radius 1 is 1.30 bits per heavy atom. The maximum atomic E-state index is 12.8. The Morgan fingerprint density at radius 2 is 2.00 bits per heavy atom. The average Bonchev–Trinajstić information content (AvgIpc) is 3.02. The van der Waals surface area contributed by atoms with E-state index in [1.807, 2.05) is 25.2 Å². The van der Waals surface area contributed by atoms with Crippen molar-refractivity contribution in [1.29, 1.82) is 0 Å². The minimum atomic E-state index is -0.698. The molecule has 0 atom stereocenters. The molecule has 1 saturated heterocycles. The van der Waals surface area contributed by atoms with E-state index in [1.165, 1.54) is 0 Å². The molecule has 2 aliphatic heterocycles. The number of hydrogen-bond acceptors (Lipinski definition) is 5. The molecule has 2 heterocycles. The van der Waals surface area contributed by atoms with E-state index in [-0.39, 0.29) is 25.1 Å². The number of methoxy groups -OCH3 is 1.